The molecule has 2 aliphatic heterocycles. The minimum atomic E-state index is -0.230. The molecule has 0 radical (unpaired) electrons. The van der Waals surface area contributed by atoms with Gasteiger partial charge < -0.3 is 15.3 Å². The van der Waals surface area contributed by atoms with Crippen molar-refractivity contribution in [2.45, 2.75) is 64.8 Å². The van der Waals surface area contributed by atoms with Gasteiger partial charge >= 0.3 is 0 Å². The molecule has 2 heterocycles. The number of likely N-dealkylation sites (tertiary alicyclic amines) is 2. The first-order valence-corrected chi connectivity index (χ1v) is 10.2. The number of benzene rings is 1. The lowest BCUT2D eigenvalue weighted by molar-refractivity contribution is 0.152. The molecule has 0 amide bonds. The first-order chi connectivity index (χ1) is 12.7. The summed E-state index contributed by atoms with van der Waals surface area (Å²) in [6, 6.07) is 9.37. The van der Waals surface area contributed by atoms with Crippen LogP contribution in [0.25, 0.3) is 0 Å². The van der Waals surface area contributed by atoms with E-state index >= 15 is 0 Å². The van der Waals surface area contributed by atoms with E-state index in [0.29, 0.717) is 19.1 Å². The lowest BCUT2D eigenvalue weighted by Crippen LogP contribution is -2.40. The summed E-state index contributed by atoms with van der Waals surface area (Å²) in [4.78, 5) is 9.65. The molecule has 2 saturated heterocycles. The van der Waals surface area contributed by atoms with Gasteiger partial charge in [0.05, 0.1) is 12.6 Å². The molecule has 2 N–H and O–H groups in total. The topological polar surface area (TPSA) is 51.1 Å². The number of guanidine groups is 1. The van der Waals surface area contributed by atoms with E-state index in [4.69, 9.17) is 4.99 Å². The number of nitrogens with one attached hydrogen (secondary N) is 1. The van der Waals surface area contributed by atoms with Crippen LogP contribution in [0.1, 0.15) is 50.7 Å². The van der Waals surface area contributed by atoms with Gasteiger partial charge in [0.2, 0.25) is 0 Å². The highest BCUT2D eigenvalue weighted by atomic mass is 127. The van der Waals surface area contributed by atoms with Gasteiger partial charge in [0.1, 0.15) is 0 Å². The molecule has 27 heavy (non-hydrogen) atoms. The molecule has 0 saturated carbocycles. The van der Waals surface area contributed by atoms with E-state index in [1.54, 1.807) is 0 Å². The molecular formula is C21H35IN4O. The highest BCUT2D eigenvalue weighted by Gasteiger charge is 2.23. The molecule has 5 nitrogen and oxygen atoms in total. The van der Waals surface area contributed by atoms with Crippen LogP contribution in [-0.4, -0.2) is 59.2 Å². The number of hydrogen-bond acceptors (Lipinski definition) is 3. The monoisotopic (exact) mass is 486 g/mol. The minimum absolute atomic E-state index is 0. The maximum atomic E-state index is 9.82. The Morgan fingerprint density at radius 3 is 2.63 bits per heavy atom. The number of aliphatic hydroxyl groups is 1. The van der Waals surface area contributed by atoms with Gasteiger partial charge in [-0.3, -0.25) is 4.90 Å². The van der Waals surface area contributed by atoms with Crippen LogP contribution in [0.4, 0.5) is 0 Å². The standard InChI is InChI=1S/C21H34N4O.HI/c1-3-22-21(25-13-11-20(26)16-25)23-14-18-9-4-5-10-19(18)15-24-12-7-6-8-17(24)2;/h4-5,9-10,17,20,26H,3,6-8,11-16H2,1-2H3,(H,22,23);1H/t17?,20-;/m1./s1. The molecule has 1 aromatic carbocycles. The summed E-state index contributed by atoms with van der Waals surface area (Å²) in [7, 11) is 0. The Labute approximate surface area is 181 Å². The van der Waals surface area contributed by atoms with E-state index in [1.165, 1.54) is 36.9 Å². The third-order valence-electron chi connectivity index (χ3n) is 5.63. The maximum absolute atomic E-state index is 9.82. The molecule has 2 atom stereocenters. The van der Waals surface area contributed by atoms with Crippen molar-refractivity contribution >= 4 is 29.9 Å². The smallest absolute Gasteiger partial charge is 0.194 e. The zero-order valence-corrected chi connectivity index (χ0v) is 19.1. The number of aliphatic hydroxyl groups excluding tert-OH is 1. The fourth-order valence-corrected chi connectivity index (χ4v) is 4.00. The highest BCUT2D eigenvalue weighted by Crippen LogP contribution is 2.21. The Kier molecular flexibility index (Phi) is 9.32. The Hall–Kier alpha value is -0.860. The Bertz CT molecular complexity index is 610. The van der Waals surface area contributed by atoms with Crippen LogP contribution in [0.2, 0.25) is 0 Å². The average Bonchev–Trinajstić information content (AvgIpc) is 3.08. The molecule has 6 heteroatoms. The summed E-state index contributed by atoms with van der Waals surface area (Å²) in [5.41, 5.74) is 2.70. The number of piperidine rings is 1. The number of halogens is 1. The van der Waals surface area contributed by atoms with Crippen molar-refractivity contribution in [2.24, 2.45) is 4.99 Å². The third-order valence-corrected chi connectivity index (χ3v) is 5.63. The van der Waals surface area contributed by atoms with Gasteiger partial charge in [-0.25, -0.2) is 4.99 Å². The lowest BCUT2D eigenvalue weighted by Gasteiger charge is -2.33. The summed E-state index contributed by atoms with van der Waals surface area (Å²) < 4.78 is 0. The number of hydrogen-bond donors (Lipinski definition) is 2. The molecule has 2 aliphatic rings. The van der Waals surface area contributed by atoms with Gasteiger partial charge in [-0.1, -0.05) is 30.7 Å². The molecule has 1 aromatic rings. The van der Waals surface area contributed by atoms with Crippen LogP contribution in [0, 0.1) is 0 Å². The largest absolute Gasteiger partial charge is 0.391 e. The zero-order valence-electron chi connectivity index (χ0n) is 16.7. The second-order valence-corrected chi connectivity index (χ2v) is 7.64. The van der Waals surface area contributed by atoms with Crippen LogP contribution >= 0.6 is 24.0 Å². The van der Waals surface area contributed by atoms with Crippen LogP contribution in [0.15, 0.2) is 29.3 Å². The Morgan fingerprint density at radius 2 is 1.96 bits per heavy atom. The highest BCUT2D eigenvalue weighted by molar-refractivity contribution is 14.0. The summed E-state index contributed by atoms with van der Waals surface area (Å²) in [6.07, 6.45) is 4.58. The normalized spacial score (nSPS) is 24.0. The van der Waals surface area contributed by atoms with Crippen LogP contribution in [-0.2, 0) is 13.1 Å². The average molecular weight is 486 g/mol. The van der Waals surface area contributed by atoms with Gasteiger partial charge in [-0.05, 0) is 50.8 Å². The van der Waals surface area contributed by atoms with E-state index in [1.807, 2.05) is 0 Å². The first kappa shape index (κ1) is 22.4. The molecule has 0 spiro atoms. The van der Waals surface area contributed by atoms with Crippen molar-refractivity contribution in [1.82, 2.24) is 15.1 Å². The molecule has 0 aliphatic carbocycles. The summed E-state index contributed by atoms with van der Waals surface area (Å²) >= 11 is 0. The van der Waals surface area contributed by atoms with Crippen LogP contribution < -0.4 is 5.32 Å². The van der Waals surface area contributed by atoms with Gasteiger partial charge in [0.25, 0.3) is 0 Å². The van der Waals surface area contributed by atoms with E-state index in [-0.39, 0.29) is 30.1 Å². The Balaban J connectivity index is 0.00000261. The van der Waals surface area contributed by atoms with Crippen molar-refractivity contribution in [1.29, 1.82) is 0 Å². The lowest BCUT2D eigenvalue weighted by atomic mass is 10.0. The molecule has 0 aromatic heterocycles. The fourth-order valence-electron chi connectivity index (χ4n) is 4.00. The van der Waals surface area contributed by atoms with Gasteiger partial charge in [0.15, 0.2) is 5.96 Å². The summed E-state index contributed by atoms with van der Waals surface area (Å²) in [5, 5.41) is 13.2. The predicted molar refractivity (Wildman–Crippen MR) is 123 cm³/mol. The summed E-state index contributed by atoms with van der Waals surface area (Å²) in [6.45, 7) is 9.75. The van der Waals surface area contributed by atoms with E-state index in [2.05, 4.69) is 53.2 Å². The number of β-amino-alcohol motifs (C(OH)–C–C–N with tert-alkyl or cyclic N) is 1. The van der Waals surface area contributed by atoms with Crippen molar-refractivity contribution in [2.75, 3.05) is 26.2 Å². The predicted octanol–water partition coefficient (Wildman–Crippen LogP) is 3.21. The van der Waals surface area contributed by atoms with E-state index in [9.17, 15) is 5.11 Å². The first-order valence-electron chi connectivity index (χ1n) is 10.2. The molecular weight excluding hydrogens is 451 g/mol. The maximum Gasteiger partial charge on any atom is 0.194 e. The molecule has 2 fully saturated rings. The molecule has 152 valence electrons. The quantitative estimate of drug-likeness (QED) is 0.382. The number of nitrogens with zero attached hydrogens (tertiary/aromatic N) is 3. The van der Waals surface area contributed by atoms with E-state index < -0.39 is 0 Å². The number of rotatable bonds is 5. The van der Waals surface area contributed by atoms with Gasteiger partial charge in [-0.15, -0.1) is 24.0 Å². The second kappa shape index (κ2) is 11.2. The molecule has 3 rings (SSSR count). The SMILES string of the molecule is CCNC(=NCc1ccccc1CN1CCCCC1C)N1CC[C@@H](O)C1.I. The molecule has 0 bridgehead atoms. The Morgan fingerprint density at radius 1 is 1.19 bits per heavy atom. The fraction of sp³-hybridized carbons (Fsp3) is 0.667. The number of aliphatic imine (C=N–C) groups is 1. The summed E-state index contributed by atoms with van der Waals surface area (Å²) in [5.74, 6) is 0.921. The van der Waals surface area contributed by atoms with Gasteiger partial charge in [-0.2, -0.15) is 0 Å². The van der Waals surface area contributed by atoms with Crippen molar-refractivity contribution < 1.29 is 5.11 Å². The van der Waals surface area contributed by atoms with Crippen LogP contribution in [0.3, 0.4) is 0 Å². The van der Waals surface area contributed by atoms with Crippen LogP contribution in [0.5, 0.6) is 0 Å². The van der Waals surface area contributed by atoms with E-state index in [0.717, 1.165) is 32.0 Å². The van der Waals surface area contributed by atoms with Crippen molar-refractivity contribution in [3.63, 3.8) is 0 Å². The zero-order chi connectivity index (χ0) is 18.4. The third kappa shape index (κ3) is 6.32. The minimum Gasteiger partial charge on any atom is -0.391 e. The van der Waals surface area contributed by atoms with Crippen molar-refractivity contribution in [3.05, 3.63) is 35.4 Å². The van der Waals surface area contributed by atoms with Crippen molar-refractivity contribution in [3.8, 4) is 0 Å². The van der Waals surface area contributed by atoms with Gasteiger partial charge in [0, 0.05) is 32.2 Å². The molecule has 1 unspecified atom stereocenters. The second-order valence-electron chi connectivity index (χ2n) is 7.64.